The Morgan fingerprint density at radius 1 is 1.00 bits per heavy atom. The van der Waals surface area contributed by atoms with E-state index in [0.717, 1.165) is 16.3 Å². The maximum Gasteiger partial charge on any atom is 0.223 e. The van der Waals surface area contributed by atoms with Gasteiger partial charge in [0.1, 0.15) is 30.1 Å². The highest BCUT2D eigenvalue weighted by Gasteiger charge is 2.50. The third-order valence-electron chi connectivity index (χ3n) is 5.80. The maximum atomic E-state index is 11.9. The van der Waals surface area contributed by atoms with E-state index in [1.807, 2.05) is 72.8 Å². The molecule has 2 heterocycles. The summed E-state index contributed by atoms with van der Waals surface area (Å²) in [6.07, 6.45) is -3.81. The number of fused-ring (bicyclic) bond motifs is 2. The Hall–Kier alpha value is -2.97. The van der Waals surface area contributed by atoms with Gasteiger partial charge in [0.15, 0.2) is 6.29 Å². The molecule has 0 aliphatic carbocycles. The van der Waals surface area contributed by atoms with Crippen molar-refractivity contribution >= 4 is 16.7 Å². The van der Waals surface area contributed by atoms with Gasteiger partial charge in [-0.25, -0.2) is 0 Å². The van der Waals surface area contributed by atoms with Crippen LogP contribution in [-0.4, -0.2) is 48.3 Å². The van der Waals surface area contributed by atoms with Crippen LogP contribution in [0.15, 0.2) is 72.8 Å². The molecule has 7 nitrogen and oxygen atoms in total. The van der Waals surface area contributed by atoms with E-state index in [1.165, 1.54) is 6.92 Å². The van der Waals surface area contributed by atoms with Crippen LogP contribution in [0.2, 0.25) is 0 Å². The number of hydrogen-bond acceptors (Lipinski definition) is 6. The second kappa shape index (κ2) is 8.88. The molecule has 2 aliphatic heterocycles. The largest absolute Gasteiger partial charge is 0.462 e. The molecule has 6 atom stereocenters. The smallest absolute Gasteiger partial charge is 0.223 e. The number of carbonyl (C=O) groups excluding carboxylic acids is 1. The minimum atomic E-state index is -1.05. The Bertz CT molecular complexity index is 1080. The van der Waals surface area contributed by atoms with Crippen LogP contribution in [0.4, 0.5) is 0 Å². The van der Waals surface area contributed by atoms with Gasteiger partial charge in [-0.15, -0.1) is 0 Å². The molecule has 166 valence electrons. The summed E-state index contributed by atoms with van der Waals surface area (Å²) < 4.78 is 24.3. The zero-order valence-corrected chi connectivity index (χ0v) is 17.6. The van der Waals surface area contributed by atoms with Crippen LogP contribution >= 0.6 is 0 Å². The highest BCUT2D eigenvalue weighted by atomic mass is 16.7. The van der Waals surface area contributed by atoms with Crippen molar-refractivity contribution in [3.63, 3.8) is 0 Å². The van der Waals surface area contributed by atoms with Gasteiger partial charge in [-0.1, -0.05) is 66.7 Å². The summed E-state index contributed by atoms with van der Waals surface area (Å²) in [6.45, 7) is 1.62. The predicted octanol–water partition coefficient (Wildman–Crippen LogP) is 2.92. The summed E-state index contributed by atoms with van der Waals surface area (Å²) in [5, 5.41) is 15.9. The van der Waals surface area contributed by atoms with Gasteiger partial charge in [0.2, 0.25) is 12.2 Å². The topological polar surface area (TPSA) is 86.3 Å². The predicted molar refractivity (Wildman–Crippen MR) is 117 cm³/mol. The van der Waals surface area contributed by atoms with Gasteiger partial charge < -0.3 is 29.4 Å². The Morgan fingerprint density at radius 3 is 2.56 bits per heavy atom. The monoisotopic (exact) mass is 435 g/mol. The molecular weight excluding hydrogens is 410 g/mol. The zero-order chi connectivity index (χ0) is 22.1. The van der Waals surface area contributed by atoms with Crippen LogP contribution < -0.4 is 10.1 Å². The summed E-state index contributed by atoms with van der Waals surface area (Å²) in [5.41, 5.74) is 0.850. The van der Waals surface area contributed by atoms with Gasteiger partial charge in [-0.05, 0) is 11.5 Å². The number of benzene rings is 3. The molecule has 3 aromatic carbocycles. The van der Waals surface area contributed by atoms with E-state index < -0.39 is 36.9 Å². The first-order chi connectivity index (χ1) is 15.6. The van der Waals surface area contributed by atoms with E-state index >= 15 is 0 Å². The van der Waals surface area contributed by atoms with Crippen LogP contribution in [0.1, 0.15) is 18.8 Å². The zero-order valence-electron chi connectivity index (χ0n) is 17.6. The molecule has 2 N–H and O–H groups in total. The van der Waals surface area contributed by atoms with E-state index in [4.69, 9.17) is 18.9 Å². The van der Waals surface area contributed by atoms with Gasteiger partial charge in [0, 0.05) is 17.9 Å². The lowest BCUT2D eigenvalue weighted by Gasteiger charge is -2.47. The first kappa shape index (κ1) is 20.9. The summed E-state index contributed by atoms with van der Waals surface area (Å²) >= 11 is 0. The highest BCUT2D eigenvalue weighted by Crippen LogP contribution is 2.36. The molecule has 0 aromatic heterocycles. The molecule has 2 saturated heterocycles. The third kappa shape index (κ3) is 4.08. The van der Waals surface area contributed by atoms with Gasteiger partial charge in [0.25, 0.3) is 0 Å². The van der Waals surface area contributed by atoms with E-state index in [9.17, 15) is 9.90 Å². The molecule has 5 rings (SSSR count). The number of nitrogens with one attached hydrogen (secondary N) is 1. The summed E-state index contributed by atoms with van der Waals surface area (Å²) in [7, 11) is 0. The van der Waals surface area contributed by atoms with Crippen LogP contribution in [0, 0.1) is 0 Å². The molecule has 7 heteroatoms. The second-order valence-corrected chi connectivity index (χ2v) is 8.03. The van der Waals surface area contributed by atoms with Crippen molar-refractivity contribution in [2.75, 3.05) is 6.61 Å². The summed E-state index contributed by atoms with van der Waals surface area (Å²) in [5.74, 6) is 0.309. The molecule has 0 unspecified atom stereocenters. The lowest BCUT2D eigenvalue weighted by molar-refractivity contribution is -0.333. The van der Waals surface area contributed by atoms with Crippen molar-refractivity contribution in [3.8, 4) is 5.75 Å². The van der Waals surface area contributed by atoms with Gasteiger partial charge in [0.05, 0.1) is 6.61 Å². The number of rotatable bonds is 4. The molecule has 0 spiro atoms. The van der Waals surface area contributed by atoms with E-state index in [0.29, 0.717) is 5.75 Å². The van der Waals surface area contributed by atoms with E-state index in [1.54, 1.807) is 0 Å². The molecular formula is C25H25NO6. The van der Waals surface area contributed by atoms with Crippen molar-refractivity contribution in [1.82, 2.24) is 5.32 Å². The van der Waals surface area contributed by atoms with Crippen molar-refractivity contribution < 1.29 is 28.8 Å². The van der Waals surface area contributed by atoms with Gasteiger partial charge in [-0.2, -0.15) is 0 Å². The summed E-state index contributed by atoms with van der Waals surface area (Å²) in [6, 6.07) is 22.3. The number of carbonyl (C=O) groups is 1. The minimum Gasteiger partial charge on any atom is -0.462 e. The molecule has 0 radical (unpaired) electrons. The minimum absolute atomic E-state index is 0.226. The lowest BCUT2D eigenvalue weighted by atomic mass is 9.95. The SMILES string of the molecule is CC(=O)N[C@H]1[C@@H](Oc2cccc3ccccc23)O[C@@H]2CO[C@H](c3ccccc3)O[C@@H]2[C@@H]1O. The molecule has 0 bridgehead atoms. The lowest BCUT2D eigenvalue weighted by Crippen LogP contribution is -2.67. The average molecular weight is 435 g/mol. The number of aliphatic hydroxyl groups is 1. The van der Waals surface area contributed by atoms with Crippen LogP contribution in [0.3, 0.4) is 0 Å². The van der Waals surface area contributed by atoms with E-state index in [2.05, 4.69) is 5.32 Å². The normalized spacial score (nSPS) is 29.8. The number of ether oxygens (including phenoxy) is 4. The third-order valence-corrected chi connectivity index (χ3v) is 5.80. The fraction of sp³-hybridized carbons (Fsp3) is 0.320. The fourth-order valence-electron chi connectivity index (χ4n) is 4.28. The van der Waals surface area contributed by atoms with Crippen LogP contribution in [-0.2, 0) is 19.0 Å². The van der Waals surface area contributed by atoms with Crippen LogP contribution in [0.25, 0.3) is 10.8 Å². The Balaban J connectivity index is 1.40. The Kier molecular flexibility index (Phi) is 5.80. The fourth-order valence-corrected chi connectivity index (χ4v) is 4.28. The molecule has 2 fully saturated rings. The number of hydrogen-bond donors (Lipinski definition) is 2. The first-order valence-electron chi connectivity index (χ1n) is 10.7. The second-order valence-electron chi connectivity index (χ2n) is 8.03. The first-order valence-corrected chi connectivity index (χ1v) is 10.7. The summed E-state index contributed by atoms with van der Waals surface area (Å²) in [4.78, 5) is 11.9. The molecule has 32 heavy (non-hydrogen) atoms. The standard InChI is InChI=1S/C25H25NO6/c1-15(27)26-21-22(28)23-20(14-29-24(32-23)17-9-3-2-4-10-17)31-25(21)30-19-13-7-11-16-8-5-6-12-18(16)19/h2-13,20-25,28H,14H2,1H3,(H,26,27)/t20-,21-,22-,23+,24+,25+/m1/s1. The highest BCUT2D eigenvalue weighted by molar-refractivity contribution is 5.88. The number of amides is 1. The van der Waals surface area contributed by atoms with Gasteiger partial charge in [-0.3, -0.25) is 4.79 Å². The Morgan fingerprint density at radius 2 is 1.75 bits per heavy atom. The maximum absolute atomic E-state index is 11.9. The molecule has 3 aromatic rings. The van der Waals surface area contributed by atoms with Gasteiger partial charge >= 0.3 is 0 Å². The van der Waals surface area contributed by atoms with Crippen molar-refractivity contribution in [3.05, 3.63) is 78.4 Å². The molecule has 1 amide bonds. The van der Waals surface area contributed by atoms with Crippen molar-refractivity contribution in [2.24, 2.45) is 0 Å². The van der Waals surface area contributed by atoms with Crippen molar-refractivity contribution in [2.45, 2.75) is 43.9 Å². The Labute approximate surface area is 185 Å². The molecule has 2 aliphatic rings. The van der Waals surface area contributed by atoms with Crippen molar-refractivity contribution in [1.29, 1.82) is 0 Å². The average Bonchev–Trinajstić information content (AvgIpc) is 2.82. The number of aliphatic hydroxyl groups excluding tert-OH is 1. The quantitative estimate of drug-likeness (QED) is 0.656. The molecule has 0 saturated carbocycles. The van der Waals surface area contributed by atoms with Crippen LogP contribution in [0.5, 0.6) is 5.75 Å². The van der Waals surface area contributed by atoms with E-state index in [-0.39, 0.29) is 12.5 Å².